The standard InChI is InChI=1S/C37H34O10/c1-37(2)46-31(29(44-35(40)27-19-11-5-12-20-27)23-42-33(38)25-15-7-3-8-16-25)32(47-37)30(45-36(41)28-21-13-6-14-22-28)24-43-34(39)26-17-9-4-10-18-26/h3-22,29-32H,23-24H2,1-2H3. The molecule has 0 amide bonds. The van der Waals surface area contributed by atoms with Crippen molar-refractivity contribution in [1.29, 1.82) is 0 Å². The molecule has 0 aliphatic carbocycles. The van der Waals surface area contributed by atoms with Crippen molar-refractivity contribution in [3.05, 3.63) is 144 Å². The number of hydrogen-bond acceptors (Lipinski definition) is 10. The maximum atomic E-state index is 13.3. The van der Waals surface area contributed by atoms with Gasteiger partial charge >= 0.3 is 23.9 Å². The summed E-state index contributed by atoms with van der Waals surface area (Å²) in [7, 11) is 0. The van der Waals surface area contributed by atoms with E-state index in [9.17, 15) is 19.2 Å². The molecule has 1 fully saturated rings. The largest absolute Gasteiger partial charge is 0.458 e. The molecule has 1 aliphatic rings. The second kappa shape index (κ2) is 15.3. The van der Waals surface area contributed by atoms with E-state index in [2.05, 4.69) is 0 Å². The van der Waals surface area contributed by atoms with Gasteiger partial charge in [-0.1, -0.05) is 72.8 Å². The average Bonchev–Trinajstić information content (AvgIpc) is 3.44. The molecule has 4 unspecified atom stereocenters. The maximum Gasteiger partial charge on any atom is 0.338 e. The highest BCUT2D eigenvalue weighted by Gasteiger charge is 2.52. The molecule has 4 atom stereocenters. The Labute approximate surface area is 272 Å². The van der Waals surface area contributed by atoms with Gasteiger partial charge < -0.3 is 28.4 Å². The Kier molecular flexibility index (Phi) is 10.8. The van der Waals surface area contributed by atoms with E-state index in [0.29, 0.717) is 11.1 Å². The first-order valence-corrected chi connectivity index (χ1v) is 15.0. The summed E-state index contributed by atoms with van der Waals surface area (Å²) in [6.45, 7) is 2.43. The summed E-state index contributed by atoms with van der Waals surface area (Å²) in [6.07, 6.45) is -4.73. The highest BCUT2D eigenvalue weighted by molar-refractivity contribution is 5.91. The van der Waals surface area contributed by atoms with E-state index in [1.807, 2.05) is 0 Å². The van der Waals surface area contributed by atoms with Crippen LogP contribution < -0.4 is 0 Å². The van der Waals surface area contributed by atoms with Crippen molar-refractivity contribution in [2.75, 3.05) is 13.2 Å². The lowest BCUT2D eigenvalue weighted by Crippen LogP contribution is -2.49. The van der Waals surface area contributed by atoms with Gasteiger partial charge in [-0.05, 0) is 62.4 Å². The zero-order valence-corrected chi connectivity index (χ0v) is 25.9. The fourth-order valence-corrected chi connectivity index (χ4v) is 4.97. The maximum absolute atomic E-state index is 13.3. The van der Waals surface area contributed by atoms with Crippen molar-refractivity contribution in [2.45, 2.75) is 44.1 Å². The van der Waals surface area contributed by atoms with E-state index in [-0.39, 0.29) is 11.1 Å². The minimum atomic E-state index is -1.27. The van der Waals surface area contributed by atoms with Crippen molar-refractivity contribution in [2.24, 2.45) is 0 Å². The third-order valence-electron chi connectivity index (χ3n) is 7.21. The van der Waals surface area contributed by atoms with Gasteiger partial charge in [0.05, 0.1) is 22.3 Å². The molecule has 0 radical (unpaired) electrons. The Morgan fingerprint density at radius 3 is 1.09 bits per heavy atom. The molecule has 0 saturated carbocycles. The molecule has 0 aromatic heterocycles. The number of ether oxygens (including phenoxy) is 6. The Balaban J connectivity index is 1.44. The predicted molar refractivity (Wildman–Crippen MR) is 169 cm³/mol. The van der Waals surface area contributed by atoms with Crippen molar-refractivity contribution in [3.63, 3.8) is 0 Å². The van der Waals surface area contributed by atoms with Crippen LogP contribution in [0.25, 0.3) is 0 Å². The second-order valence-electron chi connectivity index (χ2n) is 11.1. The van der Waals surface area contributed by atoms with Crippen LogP contribution in [0.1, 0.15) is 55.3 Å². The molecule has 0 N–H and O–H groups in total. The number of benzene rings is 4. The Bertz CT molecular complexity index is 1520. The van der Waals surface area contributed by atoms with E-state index in [0.717, 1.165) is 0 Å². The molecule has 4 aromatic rings. The molecule has 47 heavy (non-hydrogen) atoms. The molecule has 1 saturated heterocycles. The topological polar surface area (TPSA) is 124 Å². The highest BCUT2D eigenvalue weighted by atomic mass is 16.8. The van der Waals surface area contributed by atoms with Crippen LogP contribution in [-0.4, -0.2) is 67.3 Å². The summed E-state index contributed by atoms with van der Waals surface area (Å²) < 4.78 is 35.5. The van der Waals surface area contributed by atoms with Gasteiger partial charge in [0.25, 0.3) is 0 Å². The van der Waals surface area contributed by atoms with Gasteiger partial charge in [-0.15, -0.1) is 0 Å². The summed E-state index contributed by atoms with van der Waals surface area (Å²) >= 11 is 0. The zero-order chi connectivity index (χ0) is 33.2. The fraction of sp³-hybridized carbons (Fsp3) is 0.243. The quantitative estimate of drug-likeness (QED) is 0.142. The van der Waals surface area contributed by atoms with E-state index in [1.165, 1.54) is 0 Å². The number of carbonyl (C=O) groups is 4. The van der Waals surface area contributed by atoms with Gasteiger partial charge in [0.1, 0.15) is 25.4 Å². The lowest BCUT2D eigenvalue weighted by atomic mass is 10.0. The van der Waals surface area contributed by atoms with Crippen molar-refractivity contribution in [3.8, 4) is 0 Å². The van der Waals surface area contributed by atoms with Crippen molar-refractivity contribution >= 4 is 23.9 Å². The van der Waals surface area contributed by atoms with Gasteiger partial charge in [-0.2, -0.15) is 0 Å². The van der Waals surface area contributed by atoms with Gasteiger partial charge in [0, 0.05) is 0 Å². The lowest BCUT2D eigenvalue weighted by molar-refractivity contribution is -0.164. The monoisotopic (exact) mass is 638 g/mol. The van der Waals surface area contributed by atoms with Crippen LogP contribution in [0.2, 0.25) is 0 Å². The van der Waals surface area contributed by atoms with Crippen LogP contribution in [0.3, 0.4) is 0 Å². The number of carbonyl (C=O) groups excluding carboxylic acids is 4. The number of rotatable bonds is 12. The van der Waals surface area contributed by atoms with Crippen molar-refractivity contribution < 1.29 is 47.6 Å². The Morgan fingerprint density at radius 2 is 0.787 bits per heavy atom. The van der Waals surface area contributed by atoms with E-state index >= 15 is 0 Å². The highest BCUT2D eigenvalue weighted by Crippen LogP contribution is 2.35. The SMILES string of the molecule is CC1(C)OC(C(COC(=O)c2ccccc2)OC(=O)c2ccccc2)C(C(COC(=O)c2ccccc2)OC(=O)c2ccccc2)O1. The molecular formula is C37H34O10. The molecule has 4 aromatic carbocycles. The third-order valence-corrected chi connectivity index (χ3v) is 7.21. The van der Waals surface area contributed by atoms with Gasteiger partial charge in [0.2, 0.25) is 0 Å². The Hall–Kier alpha value is -5.32. The molecule has 10 heteroatoms. The van der Waals surface area contributed by atoms with E-state index in [1.54, 1.807) is 135 Å². The van der Waals surface area contributed by atoms with Crippen LogP contribution in [0.15, 0.2) is 121 Å². The zero-order valence-electron chi connectivity index (χ0n) is 25.9. The third kappa shape index (κ3) is 8.90. The predicted octanol–water partition coefficient (Wildman–Crippen LogP) is 5.67. The summed E-state index contributed by atoms with van der Waals surface area (Å²) in [5, 5.41) is 0. The normalized spacial score (nSPS) is 17.9. The van der Waals surface area contributed by atoms with Gasteiger partial charge in [-0.3, -0.25) is 0 Å². The molecule has 1 aliphatic heterocycles. The molecule has 10 nitrogen and oxygen atoms in total. The molecule has 0 bridgehead atoms. The van der Waals surface area contributed by atoms with Crippen LogP contribution in [0, 0.1) is 0 Å². The molecule has 242 valence electrons. The van der Waals surface area contributed by atoms with Gasteiger partial charge in [0.15, 0.2) is 18.0 Å². The molecule has 5 rings (SSSR count). The summed E-state index contributed by atoms with van der Waals surface area (Å²) in [6, 6.07) is 33.2. The van der Waals surface area contributed by atoms with Crippen LogP contribution >= 0.6 is 0 Å². The molecule has 0 spiro atoms. The van der Waals surface area contributed by atoms with Gasteiger partial charge in [-0.25, -0.2) is 19.2 Å². The first-order chi connectivity index (χ1) is 22.7. The summed E-state index contributed by atoms with van der Waals surface area (Å²) in [4.78, 5) is 52.4. The van der Waals surface area contributed by atoms with Crippen LogP contribution in [0.5, 0.6) is 0 Å². The number of hydrogen-bond donors (Lipinski definition) is 0. The molecular weight excluding hydrogens is 604 g/mol. The number of esters is 4. The minimum Gasteiger partial charge on any atom is -0.458 e. The second-order valence-corrected chi connectivity index (χ2v) is 11.1. The first kappa shape index (κ1) is 33.1. The smallest absolute Gasteiger partial charge is 0.338 e. The molecule has 1 heterocycles. The lowest BCUT2D eigenvalue weighted by Gasteiger charge is -2.30. The summed E-state index contributed by atoms with van der Waals surface area (Å²) in [5.41, 5.74) is 1.10. The summed E-state index contributed by atoms with van der Waals surface area (Å²) in [5.74, 6) is -3.97. The Morgan fingerprint density at radius 1 is 0.511 bits per heavy atom. The first-order valence-electron chi connectivity index (χ1n) is 15.0. The average molecular weight is 639 g/mol. The van der Waals surface area contributed by atoms with Crippen LogP contribution in [0.4, 0.5) is 0 Å². The van der Waals surface area contributed by atoms with E-state index < -0.39 is 67.3 Å². The fourth-order valence-electron chi connectivity index (χ4n) is 4.97. The van der Waals surface area contributed by atoms with E-state index in [4.69, 9.17) is 28.4 Å². The minimum absolute atomic E-state index is 0.255. The van der Waals surface area contributed by atoms with Crippen molar-refractivity contribution in [1.82, 2.24) is 0 Å². The van der Waals surface area contributed by atoms with Crippen LogP contribution in [-0.2, 0) is 28.4 Å².